The van der Waals surface area contributed by atoms with Gasteiger partial charge < -0.3 is 0 Å². The van der Waals surface area contributed by atoms with E-state index in [1.807, 2.05) is 0 Å². The van der Waals surface area contributed by atoms with Crippen molar-refractivity contribution in [3.63, 3.8) is 0 Å². The molecule has 32 heavy (non-hydrogen) atoms. The smallest absolute Gasteiger partial charge is 0.267 e. The third-order valence-corrected chi connectivity index (χ3v) is 9.27. The first kappa shape index (κ1) is 20.8. The molecular formula is C22H19ClF6N2O. The molecule has 0 radical (unpaired) electrons. The predicted octanol–water partition coefficient (Wildman–Crippen LogP) is 5.29. The topological polar surface area (TPSA) is 41.5 Å². The summed E-state index contributed by atoms with van der Waals surface area (Å²) in [5.74, 6) is -14.9. The molecule has 0 heterocycles. The molecule has 5 aliphatic carbocycles. The first-order valence-electron chi connectivity index (χ1n) is 10.7. The van der Waals surface area contributed by atoms with Crippen LogP contribution in [0.1, 0.15) is 29.6 Å². The number of halogens is 7. The van der Waals surface area contributed by atoms with Gasteiger partial charge in [-0.3, -0.25) is 4.79 Å². The van der Waals surface area contributed by atoms with Crippen molar-refractivity contribution in [2.75, 3.05) is 0 Å². The van der Waals surface area contributed by atoms with Crippen molar-refractivity contribution in [2.45, 2.75) is 42.4 Å². The molecule has 0 unspecified atom stereocenters. The second-order valence-corrected chi connectivity index (χ2v) is 10.4. The van der Waals surface area contributed by atoms with Gasteiger partial charge in [-0.1, -0.05) is 11.6 Å². The van der Waals surface area contributed by atoms with E-state index in [4.69, 9.17) is 11.6 Å². The van der Waals surface area contributed by atoms with Gasteiger partial charge in [-0.25, -0.2) is 14.2 Å². The molecule has 5 aliphatic rings. The third-order valence-electron chi connectivity index (χ3n) is 9.02. The summed E-state index contributed by atoms with van der Waals surface area (Å²) in [5, 5.41) is 4.46. The second-order valence-electron chi connectivity index (χ2n) is 9.96. The molecule has 5 fully saturated rings. The third kappa shape index (κ3) is 2.00. The quantitative estimate of drug-likeness (QED) is 0.274. The lowest BCUT2D eigenvalue weighted by Crippen LogP contribution is -2.89. The predicted molar refractivity (Wildman–Crippen MR) is 103 cm³/mol. The monoisotopic (exact) mass is 476 g/mol. The lowest BCUT2D eigenvalue weighted by atomic mass is 9.48. The fourth-order valence-corrected chi connectivity index (χ4v) is 8.12. The number of benzene rings is 1. The molecule has 172 valence electrons. The number of nitrogens with zero attached hydrogens (tertiary/aromatic N) is 1. The molecule has 1 aromatic carbocycles. The van der Waals surface area contributed by atoms with E-state index in [0.717, 1.165) is 0 Å². The van der Waals surface area contributed by atoms with Gasteiger partial charge in [0, 0.05) is 28.6 Å². The minimum Gasteiger partial charge on any atom is -0.267 e. The van der Waals surface area contributed by atoms with E-state index in [2.05, 4.69) is 10.5 Å². The molecule has 1 aromatic rings. The summed E-state index contributed by atoms with van der Waals surface area (Å²) in [6, 6.07) is 6.18. The average Bonchev–Trinajstić information content (AvgIpc) is 3.47. The Morgan fingerprint density at radius 1 is 0.938 bits per heavy atom. The van der Waals surface area contributed by atoms with Crippen LogP contribution >= 0.6 is 11.6 Å². The van der Waals surface area contributed by atoms with Gasteiger partial charge in [-0.2, -0.15) is 22.7 Å². The molecule has 1 N–H and O–H groups in total. The van der Waals surface area contributed by atoms with Crippen molar-refractivity contribution in [3.05, 3.63) is 34.9 Å². The Morgan fingerprint density at radius 2 is 1.53 bits per heavy atom. The highest BCUT2D eigenvalue weighted by Crippen LogP contribution is 2.85. The second kappa shape index (κ2) is 6.02. The minimum absolute atomic E-state index is 0.134. The lowest BCUT2D eigenvalue weighted by molar-refractivity contribution is -0.456. The molecular weight excluding hydrogens is 458 g/mol. The number of rotatable bonds is 3. The Morgan fingerprint density at radius 3 is 2.16 bits per heavy atom. The molecule has 0 saturated heterocycles. The normalized spacial score (nSPS) is 48.5. The van der Waals surface area contributed by atoms with E-state index in [1.165, 1.54) is 18.3 Å². The van der Waals surface area contributed by atoms with Gasteiger partial charge in [0.2, 0.25) is 11.3 Å². The molecule has 6 rings (SSSR count). The Labute approximate surface area is 184 Å². The van der Waals surface area contributed by atoms with Gasteiger partial charge in [-0.05, 0) is 73.1 Å². The fraction of sp³-hybridized carbons (Fsp3) is 0.636. The number of carbonyl (C=O) groups excluding carboxylic acids is 1. The molecule has 1 amide bonds. The highest BCUT2D eigenvalue weighted by atomic mass is 35.5. The first-order valence-corrected chi connectivity index (χ1v) is 11.1. The van der Waals surface area contributed by atoms with Crippen LogP contribution in [0.25, 0.3) is 0 Å². The largest absolute Gasteiger partial charge is 0.350 e. The number of amides is 1. The van der Waals surface area contributed by atoms with Crippen LogP contribution in [0.5, 0.6) is 0 Å². The lowest BCUT2D eigenvalue weighted by Gasteiger charge is -2.63. The molecule has 3 nitrogen and oxygen atoms in total. The van der Waals surface area contributed by atoms with Gasteiger partial charge in [0.25, 0.3) is 5.91 Å². The number of nitrogens with one attached hydrogen (secondary N) is 1. The number of hydrogen-bond donors (Lipinski definition) is 1. The van der Waals surface area contributed by atoms with Crippen molar-refractivity contribution in [3.8, 4) is 0 Å². The zero-order valence-corrected chi connectivity index (χ0v) is 17.3. The summed E-state index contributed by atoms with van der Waals surface area (Å²) in [6.45, 7) is 0. The molecule has 10 heteroatoms. The van der Waals surface area contributed by atoms with Gasteiger partial charge in [0.1, 0.15) is 0 Å². The summed E-state index contributed by atoms with van der Waals surface area (Å²) in [5.41, 5.74) is -4.85. The minimum atomic E-state index is -5.00. The number of fused-ring (bicyclic) bond motifs is 12. The van der Waals surface area contributed by atoms with Crippen LogP contribution in [-0.2, 0) is 0 Å². The molecule has 4 bridgehead atoms. The molecule has 0 spiro atoms. The Balaban J connectivity index is 1.20. The Kier molecular flexibility index (Phi) is 3.91. The van der Waals surface area contributed by atoms with E-state index in [-0.39, 0.29) is 24.2 Å². The van der Waals surface area contributed by atoms with Crippen molar-refractivity contribution in [1.82, 2.24) is 5.43 Å². The van der Waals surface area contributed by atoms with Crippen LogP contribution in [0.3, 0.4) is 0 Å². The summed E-state index contributed by atoms with van der Waals surface area (Å²) in [7, 11) is 0. The van der Waals surface area contributed by atoms with Crippen molar-refractivity contribution < 1.29 is 31.1 Å². The van der Waals surface area contributed by atoms with Crippen molar-refractivity contribution >= 4 is 23.7 Å². The van der Waals surface area contributed by atoms with E-state index in [9.17, 15) is 22.4 Å². The fourth-order valence-electron chi connectivity index (χ4n) is 7.99. The highest BCUT2D eigenvalue weighted by molar-refractivity contribution is 6.30. The van der Waals surface area contributed by atoms with E-state index in [0.29, 0.717) is 23.4 Å². The maximum atomic E-state index is 15.4. The van der Waals surface area contributed by atoms with Gasteiger partial charge in [0.05, 0.1) is 0 Å². The Bertz CT molecular complexity index is 1030. The molecule has 5 saturated carbocycles. The van der Waals surface area contributed by atoms with Crippen molar-refractivity contribution in [1.29, 1.82) is 0 Å². The van der Waals surface area contributed by atoms with Crippen LogP contribution in [0.2, 0.25) is 5.02 Å². The number of alkyl halides is 6. The van der Waals surface area contributed by atoms with Gasteiger partial charge >= 0.3 is 11.8 Å². The number of hydrogen-bond acceptors (Lipinski definition) is 2. The summed E-state index contributed by atoms with van der Waals surface area (Å²) < 4.78 is 87.3. The number of carbonyl (C=O) groups is 1. The first-order chi connectivity index (χ1) is 15.0. The summed E-state index contributed by atoms with van der Waals surface area (Å²) >= 11 is 5.79. The SMILES string of the molecule is O=C(N/N=C\[C@@H]1C[C@H]2C[C@@H]1[C@@H]1[C@@H]2[C@@H]2C[C@@H]1[C@@]1(F)C(F)(F)C(F)(F)[C@]21F)c1ccc(Cl)cc1. The average molecular weight is 477 g/mol. The zero-order chi connectivity index (χ0) is 22.8. The molecule has 0 aliphatic heterocycles. The van der Waals surface area contributed by atoms with Crippen LogP contribution in [0.4, 0.5) is 26.3 Å². The van der Waals surface area contributed by atoms with Crippen molar-refractivity contribution in [2.24, 2.45) is 46.5 Å². The van der Waals surface area contributed by atoms with E-state index < -0.39 is 52.8 Å². The van der Waals surface area contributed by atoms with Gasteiger partial charge in [0.15, 0.2) is 0 Å². The van der Waals surface area contributed by atoms with E-state index >= 15 is 8.78 Å². The maximum absolute atomic E-state index is 15.4. The molecule has 9 atom stereocenters. The van der Waals surface area contributed by atoms with Gasteiger partial charge in [-0.15, -0.1) is 0 Å². The van der Waals surface area contributed by atoms with Crippen LogP contribution in [0, 0.1) is 41.4 Å². The van der Waals surface area contributed by atoms with Crippen LogP contribution in [-0.4, -0.2) is 35.3 Å². The summed E-state index contributed by atoms with van der Waals surface area (Å²) in [4.78, 5) is 12.2. The van der Waals surface area contributed by atoms with Crippen LogP contribution < -0.4 is 5.43 Å². The molecule has 0 aromatic heterocycles. The highest BCUT2D eigenvalue weighted by Gasteiger charge is 3.05. The summed E-state index contributed by atoms with van der Waals surface area (Å²) in [6.07, 6.45) is 2.33. The maximum Gasteiger partial charge on any atom is 0.350 e. The standard InChI is InChI=1S/C22H19ClF6N2O/c23-12-3-1-9(2-4-12)18(32)31-30-8-11-5-10-6-13(11)17-15-7-14(16(10)17)19(24)20(15,25)22(28,29)21(19,26)27/h1-4,8,10-11,13-17H,5-7H2,(H,31,32)/b30-8-/t10-,11-,13-,14-,15-,16-,17-,19-,20-/m0/s1. The van der Waals surface area contributed by atoms with E-state index in [1.54, 1.807) is 12.1 Å². The Hall–Kier alpha value is -1.77. The number of hydrazone groups is 1. The zero-order valence-electron chi connectivity index (χ0n) is 16.6. The van der Waals surface area contributed by atoms with Crippen LogP contribution in [0.15, 0.2) is 29.4 Å².